The molecule has 0 bridgehead atoms. The SMILES string of the molecule is C/C=C(NCCN(CC)C(=O)c1ccc2[nH]ccc2c1)\C(=C/CCl)N1C=CCC=CC1. The highest BCUT2D eigenvalue weighted by Gasteiger charge is 2.16. The van der Waals surface area contributed by atoms with Crippen LogP contribution in [0.25, 0.3) is 10.9 Å². The summed E-state index contributed by atoms with van der Waals surface area (Å²) in [7, 11) is 0. The summed E-state index contributed by atoms with van der Waals surface area (Å²) in [5.74, 6) is 0.482. The van der Waals surface area contributed by atoms with E-state index >= 15 is 0 Å². The molecular formula is C25H31ClN4O. The largest absolute Gasteiger partial charge is 0.382 e. The van der Waals surface area contributed by atoms with Crippen LogP contribution in [0.2, 0.25) is 0 Å². The Bertz CT molecular complexity index is 1000. The van der Waals surface area contributed by atoms with Gasteiger partial charge in [-0.1, -0.05) is 24.3 Å². The second kappa shape index (κ2) is 11.5. The summed E-state index contributed by atoms with van der Waals surface area (Å²) >= 11 is 6.05. The number of amides is 1. The Labute approximate surface area is 189 Å². The number of allylic oxidation sites excluding steroid dienone is 4. The molecule has 0 spiro atoms. The zero-order valence-corrected chi connectivity index (χ0v) is 19.0. The normalized spacial score (nSPS) is 14.7. The number of aromatic amines is 1. The Morgan fingerprint density at radius 3 is 2.94 bits per heavy atom. The van der Waals surface area contributed by atoms with Gasteiger partial charge in [0.05, 0.1) is 11.4 Å². The molecule has 0 radical (unpaired) electrons. The van der Waals surface area contributed by atoms with Gasteiger partial charge in [0.2, 0.25) is 0 Å². The highest BCUT2D eigenvalue weighted by atomic mass is 35.5. The molecule has 1 aliphatic heterocycles. The first-order valence-electron chi connectivity index (χ1n) is 10.8. The summed E-state index contributed by atoms with van der Waals surface area (Å²) < 4.78 is 0. The minimum Gasteiger partial charge on any atom is -0.382 e. The van der Waals surface area contributed by atoms with Crippen LogP contribution in [0.1, 0.15) is 30.6 Å². The molecule has 5 nitrogen and oxygen atoms in total. The number of benzene rings is 1. The highest BCUT2D eigenvalue weighted by molar-refractivity contribution is 6.19. The molecule has 0 unspecified atom stereocenters. The standard InChI is InChI=1S/C25H31ClN4O/c1-3-22(24(11-13-26)30-16-7-5-6-8-17-30)28-15-18-29(4-2)25(31)21-9-10-23-20(19-21)12-14-27-23/h3,5,7-12,14,17,19,27-28H,4,6,13,15-16,18H2,1-2H3/b22-3+,24-11+. The van der Waals surface area contributed by atoms with Gasteiger partial charge in [-0.2, -0.15) is 0 Å². The monoisotopic (exact) mass is 438 g/mol. The van der Waals surface area contributed by atoms with Gasteiger partial charge in [-0.3, -0.25) is 4.79 Å². The van der Waals surface area contributed by atoms with Gasteiger partial charge in [0.15, 0.2) is 0 Å². The molecule has 0 aliphatic carbocycles. The van der Waals surface area contributed by atoms with E-state index in [-0.39, 0.29) is 5.91 Å². The van der Waals surface area contributed by atoms with Crippen molar-refractivity contribution in [2.45, 2.75) is 20.3 Å². The summed E-state index contributed by atoms with van der Waals surface area (Å²) in [6, 6.07) is 7.77. The fourth-order valence-corrected chi connectivity index (χ4v) is 3.83. The van der Waals surface area contributed by atoms with Crippen molar-refractivity contribution < 1.29 is 4.79 Å². The summed E-state index contributed by atoms with van der Waals surface area (Å²) in [6.07, 6.45) is 15.5. The molecule has 0 fully saturated rings. The van der Waals surface area contributed by atoms with Crippen LogP contribution in [-0.4, -0.2) is 52.8 Å². The molecule has 3 rings (SSSR count). The number of carbonyl (C=O) groups excluding carboxylic acids is 1. The Morgan fingerprint density at radius 2 is 2.16 bits per heavy atom. The predicted octanol–water partition coefficient (Wildman–Crippen LogP) is 5.02. The summed E-state index contributed by atoms with van der Waals surface area (Å²) in [5.41, 5.74) is 3.81. The van der Waals surface area contributed by atoms with Crippen LogP contribution in [0.5, 0.6) is 0 Å². The Balaban J connectivity index is 1.64. The maximum Gasteiger partial charge on any atom is 0.253 e. The average molecular weight is 439 g/mol. The second-order valence-electron chi connectivity index (χ2n) is 7.28. The van der Waals surface area contributed by atoms with Gasteiger partial charge in [-0.25, -0.2) is 0 Å². The lowest BCUT2D eigenvalue weighted by molar-refractivity contribution is 0.0767. The first-order valence-corrected chi connectivity index (χ1v) is 11.3. The number of aromatic nitrogens is 1. The Kier molecular flexibility index (Phi) is 8.42. The van der Waals surface area contributed by atoms with Crippen molar-refractivity contribution >= 4 is 28.4 Å². The molecule has 1 aromatic heterocycles. The minimum absolute atomic E-state index is 0.0477. The van der Waals surface area contributed by atoms with Gasteiger partial charge >= 0.3 is 0 Å². The lowest BCUT2D eigenvalue weighted by Crippen LogP contribution is -2.37. The molecule has 1 amide bonds. The number of likely N-dealkylation sites (N-methyl/N-ethyl adjacent to an activating group) is 1. The van der Waals surface area contributed by atoms with E-state index < -0.39 is 0 Å². The number of hydrogen-bond donors (Lipinski definition) is 2. The summed E-state index contributed by atoms with van der Waals surface area (Å²) in [4.78, 5) is 20.2. The molecule has 6 heteroatoms. The number of rotatable bonds is 9. The van der Waals surface area contributed by atoms with Crippen molar-refractivity contribution in [1.29, 1.82) is 0 Å². The van der Waals surface area contributed by atoms with Gasteiger partial charge in [0.25, 0.3) is 5.91 Å². The van der Waals surface area contributed by atoms with Crippen LogP contribution in [0, 0.1) is 0 Å². The van der Waals surface area contributed by atoms with Crippen molar-refractivity contribution in [3.05, 3.63) is 84.0 Å². The van der Waals surface area contributed by atoms with Gasteiger partial charge in [-0.05, 0) is 50.6 Å². The third kappa shape index (κ3) is 5.82. The summed E-state index contributed by atoms with van der Waals surface area (Å²) in [5, 5.41) is 4.55. The number of nitrogens with zero attached hydrogens (tertiary/aromatic N) is 2. The number of alkyl halides is 1. The molecule has 0 saturated carbocycles. The van der Waals surface area contributed by atoms with Crippen LogP contribution in [0.15, 0.2) is 78.4 Å². The van der Waals surface area contributed by atoms with E-state index in [4.69, 9.17) is 11.6 Å². The van der Waals surface area contributed by atoms with E-state index in [2.05, 4.69) is 45.7 Å². The number of carbonyl (C=O) groups is 1. The number of hydrogen-bond acceptors (Lipinski definition) is 3. The van der Waals surface area contributed by atoms with Gasteiger partial charge in [0.1, 0.15) is 0 Å². The van der Waals surface area contributed by atoms with Crippen LogP contribution < -0.4 is 5.32 Å². The van der Waals surface area contributed by atoms with E-state index in [1.54, 1.807) is 0 Å². The second-order valence-corrected chi connectivity index (χ2v) is 7.59. The molecule has 1 aliphatic rings. The van der Waals surface area contributed by atoms with E-state index in [0.29, 0.717) is 31.1 Å². The molecule has 0 atom stereocenters. The predicted molar refractivity (Wildman–Crippen MR) is 130 cm³/mol. The van der Waals surface area contributed by atoms with Crippen molar-refractivity contribution in [3.8, 4) is 0 Å². The highest BCUT2D eigenvalue weighted by Crippen LogP contribution is 2.18. The van der Waals surface area contributed by atoms with E-state index in [1.807, 2.05) is 55.3 Å². The average Bonchev–Trinajstić information content (AvgIpc) is 3.10. The lowest BCUT2D eigenvalue weighted by Gasteiger charge is -2.26. The maximum absolute atomic E-state index is 13.0. The van der Waals surface area contributed by atoms with Gasteiger partial charge in [0, 0.05) is 60.9 Å². The third-order valence-corrected chi connectivity index (χ3v) is 5.49. The molecule has 0 saturated heterocycles. The van der Waals surface area contributed by atoms with Gasteiger partial charge < -0.3 is 20.1 Å². The van der Waals surface area contributed by atoms with Crippen LogP contribution in [0.3, 0.4) is 0 Å². The zero-order valence-electron chi connectivity index (χ0n) is 18.3. The number of halogens is 1. The molecule has 31 heavy (non-hydrogen) atoms. The van der Waals surface area contributed by atoms with E-state index in [9.17, 15) is 4.79 Å². The number of H-pyrrole nitrogens is 1. The van der Waals surface area contributed by atoms with Gasteiger partial charge in [-0.15, -0.1) is 11.6 Å². The van der Waals surface area contributed by atoms with E-state index in [1.165, 1.54) is 0 Å². The first-order chi connectivity index (χ1) is 15.2. The topological polar surface area (TPSA) is 51.4 Å². The fraction of sp³-hybridized carbons (Fsp3) is 0.320. The molecular weight excluding hydrogens is 408 g/mol. The molecule has 2 heterocycles. The lowest BCUT2D eigenvalue weighted by atomic mass is 10.1. The van der Waals surface area contributed by atoms with E-state index in [0.717, 1.165) is 35.3 Å². The zero-order chi connectivity index (χ0) is 22.1. The molecule has 2 aromatic rings. The maximum atomic E-state index is 13.0. The van der Waals surface area contributed by atoms with Crippen LogP contribution >= 0.6 is 11.6 Å². The quantitative estimate of drug-likeness (QED) is 0.328. The minimum atomic E-state index is 0.0477. The van der Waals surface area contributed by atoms with Crippen LogP contribution in [0.4, 0.5) is 0 Å². The Hall–Kier alpha value is -2.92. The number of fused-ring (bicyclic) bond motifs is 1. The molecule has 1 aromatic carbocycles. The van der Waals surface area contributed by atoms with Crippen molar-refractivity contribution in [2.24, 2.45) is 0 Å². The molecule has 2 N–H and O–H groups in total. The Morgan fingerprint density at radius 1 is 1.29 bits per heavy atom. The smallest absolute Gasteiger partial charge is 0.253 e. The van der Waals surface area contributed by atoms with Crippen molar-refractivity contribution in [1.82, 2.24) is 20.1 Å². The van der Waals surface area contributed by atoms with Crippen LogP contribution in [-0.2, 0) is 0 Å². The van der Waals surface area contributed by atoms with Crippen molar-refractivity contribution in [3.63, 3.8) is 0 Å². The molecule has 164 valence electrons. The third-order valence-electron chi connectivity index (χ3n) is 5.34. The fourth-order valence-electron chi connectivity index (χ4n) is 3.68. The number of nitrogens with one attached hydrogen (secondary N) is 2. The van der Waals surface area contributed by atoms with Crippen molar-refractivity contribution in [2.75, 3.05) is 32.1 Å². The first kappa shape index (κ1) is 22.8. The summed E-state index contributed by atoms with van der Waals surface area (Å²) in [6.45, 7) is 6.74.